The summed E-state index contributed by atoms with van der Waals surface area (Å²) in [5.74, 6) is 0.661. The molecular formula is C5H9N5. The SMILES string of the molecule is CNC1=C(N=N)CNC=N1. The molecule has 0 aliphatic carbocycles. The van der Waals surface area contributed by atoms with Crippen molar-refractivity contribution in [3.8, 4) is 0 Å². The second-order valence-electron chi connectivity index (χ2n) is 1.80. The van der Waals surface area contributed by atoms with Gasteiger partial charge in [-0.05, 0) is 0 Å². The number of nitrogens with zero attached hydrogens (tertiary/aromatic N) is 2. The molecule has 0 aromatic heterocycles. The van der Waals surface area contributed by atoms with Crippen LogP contribution in [0.3, 0.4) is 0 Å². The minimum Gasteiger partial charge on any atom is -0.371 e. The monoisotopic (exact) mass is 139 g/mol. The van der Waals surface area contributed by atoms with Crippen LogP contribution < -0.4 is 10.6 Å². The maximum absolute atomic E-state index is 6.74. The molecule has 1 rings (SSSR count). The van der Waals surface area contributed by atoms with Crippen molar-refractivity contribution in [3.63, 3.8) is 0 Å². The molecule has 0 unspecified atom stereocenters. The van der Waals surface area contributed by atoms with Gasteiger partial charge in [-0.25, -0.2) is 10.5 Å². The van der Waals surface area contributed by atoms with E-state index < -0.39 is 0 Å². The van der Waals surface area contributed by atoms with Crippen molar-refractivity contribution in [2.75, 3.05) is 13.6 Å². The summed E-state index contributed by atoms with van der Waals surface area (Å²) < 4.78 is 0. The lowest BCUT2D eigenvalue weighted by Crippen LogP contribution is -2.23. The van der Waals surface area contributed by atoms with Gasteiger partial charge >= 0.3 is 0 Å². The molecule has 0 aromatic rings. The fourth-order valence-electron chi connectivity index (χ4n) is 0.712. The summed E-state index contributed by atoms with van der Waals surface area (Å²) in [6.45, 7) is 0.573. The number of rotatable bonds is 2. The fraction of sp³-hybridized carbons (Fsp3) is 0.400. The predicted octanol–water partition coefficient (Wildman–Crippen LogP) is 0.0374. The zero-order chi connectivity index (χ0) is 7.40. The summed E-state index contributed by atoms with van der Waals surface area (Å²) in [6, 6.07) is 0. The Hall–Kier alpha value is -1.39. The van der Waals surface area contributed by atoms with E-state index in [1.807, 2.05) is 0 Å². The molecule has 0 radical (unpaired) electrons. The number of hydrogen-bond donors (Lipinski definition) is 3. The second kappa shape index (κ2) is 2.95. The van der Waals surface area contributed by atoms with Crippen molar-refractivity contribution in [1.29, 1.82) is 5.53 Å². The van der Waals surface area contributed by atoms with Crippen molar-refractivity contribution in [2.45, 2.75) is 0 Å². The lowest BCUT2D eigenvalue weighted by Gasteiger charge is -2.10. The molecular weight excluding hydrogens is 130 g/mol. The van der Waals surface area contributed by atoms with Crippen LogP contribution in [0, 0.1) is 5.53 Å². The predicted molar refractivity (Wildman–Crippen MR) is 37.7 cm³/mol. The summed E-state index contributed by atoms with van der Waals surface area (Å²) in [6.07, 6.45) is 1.58. The third-order valence-electron chi connectivity index (χ3n) is 1.20. The Labute approximate surface area is 58.7 Å². The smallest absolute Gasteiger partial charge is 0.152 e. The molecule has 54 valence electrons. The minimum atomic E-state index is 0.573. The minimum absolute atomic E-state index is 0.573. The molecule has 5 heteroatoms. The van der Waals surface area contributed by atoms with Gasteiger partial charge in [0.1, 0.15) is 5.70 Å². The van der Waals surface area contributed by atoms with Crippen molar-refractivity contribution in [1.82, 2.24) is 10.6 Å². The van der Waals surface area contributed by atoms with Gasteiger partial charge in [-0.2, -0.15) is 5.11 Å². The van der Waals surface area contributed by atoms with Gasteiger partial charge in [-0.15, -0.1) is 0 Å². The summed E-state index contributed by atoms with van der Waals surface area (Å²) >= 11 is 0. The van der Waals surface area contributed by atoms with Gasteiger partial charge < -0.3 is 10.6 Å². The van der Waals surface area contributed by atoms with Crippen LogP contribution in [0.1, 0.15) is 0 Å². The van der Waals surface area contributed by atoms with Crippen LogP contribution in [0.5, 0.6) is 0 Å². The van der Waals surface area contributed by atoms with E-state index in [0.29, 0.717) is 18.1 Å². The average molecular weight is 139 g/mol. The first-order valence-corrected chi connectivity index (χ1v) is 2.92. The van der Waals surface area contributed by atoms with E-state index in [0.717, 1.165) is 0 Å². The van der Waals surface area contributed by atoms with Crippen LogP contribution in [-0.4, -0.2) is 19.9 Å². The Balaban J connectivity index is 2.83. The van der Waals surface area contributed by atoms with E-state index >= 15 is 0 Å². The fourth-order valence-corrected chi connectivity index (χ4v) is 0.712. The van der Waals surface area contributed by atoms with Gasteiger partial charge in [-0.3, -0.25) is 0 Å². The lowest BCUT2D eigenvalue weighted by atomic mass is 10.4. The molecule has 0 atom stereocenters. The van der Waals surface area contributed by atoms with E-state index in [9.17, 15) is 0 Å². The van der Waals surface area contributed by atoms with Gasteiger partial charge in [0.2, 0.25) is 0 Å². The van der Waals surface area contributed by atoms with Crippen molar-refractivity contribution < 1.29 is 0 Å². The maximum atomic E-state index is 6.74. The van der Waals surface area contributed by atoms with Gasteiger partial charge in [0, 0.05) is 7.05 Å². The van der Waals surface area contributed by atoms with E-state index in [4.69, 9.17) is 5.53 Å². The van der Waals surface area contributed by atoms with Gasteiger partial charge in [0.25, 0.3) is 0 Å². The van der Waals surface area contributed by atoms with E-state index in [-0.39, 0.29) is 0 Å². The molecule has 0 spiro atoms. The molecule has 0 aromatic carbocycles. The molecule has 1 heterocycles. The van der Waals surface area contributed by atoms with Gasteiger partial charge in [0.05, 0.1) is 12.9 Å². The second-order valence-corrected chi connectivity index (χ2v) is 1.80. The normalized spacial score (nSPS) is 16.5. The average Bonchev–Trinajstić information content (AvgIpc) is 2.04. The van der Waals surface area contributed by atoms with Crippen LogP contribution in [0.25, 0.3) is 0 Å². The molecule has 3 N–H and O–H groups in total. The quantitative estimate of drug-likeness (QED) is 0.472. The highest BCUT2D eigenvalue weighted by molar-refractivity contribution is 5.58. The Kier molecular flexibility index (Phi) is 1.99. The van der Waals surface area contributed by atoms with Crippen LogP contribution in [-0.2, 0) is 0 Å². The largest absolute Gasteiger partial charge is 0.371 e. The van der Waals surface area contributed by atoms with Crippen molar-refractivity contribution in [3.05, 3.63) is 11.5 Å². The van der Waals surface area contributed by atoms with Gasteiger partial charge in [-0.1, -0.05) is 0 Å². The number of aliphatic imine (C=N–C) groups is 1. The summed E-state index contributed by atoms with van der Waals surface area (Å²) in [5, 5.41) is 8.97. The van der Waals surface area contributed by atoms with Crippen molar-refractivity contribution in [2.24, 2.45) is 10.1 Å². The number of nitrogens with one attached hydrogen (secondary N) is 3. The summed E-state index contributed by atoms with van der Waals surface area (Å²) in [5.41, 5.74) is 7.37. The molecule has 1 aliphatic heterocycles. The Bertz CT molecular complexity index is 192. The first kappa shape index (κ1) is 6.73. The molecule has 1 aliphatic rings. The molecule has 10 heavy (non-hydrogen) atoms. The van der Waals surface area contributed by atoms with Crippen LogP contribution in [0.4, 0.5) is 0 Å². The highest BCUT2D eigenvalue weighted by atomic mass is 15.1. The molecule has 0 saturated heterocycles. The Morgan fingerprint density at radius 3 is 3.20 bits per heavy atom. The first-order valence-electron chi connectivity index (χ1n) is 2.92. The highest BCUT2D eigenvalue weighted by Crippen LogP contribution is 2.04. The molecule has 0 fully saturated rings. The summed E-state index contributed by atoms with van der Waals surface area (Å²) in [7, 11) is 1.75. The lowest BCUT2D eigenvalue weighted by molar-refractivity contribution is 0.817. The van der Waals surface area contributed by atoms with Crippen molar-refractivity contribution >= 4 is 6.34 Å². The Morgan fingerprint density at radius 2 is 2.70 bits per heavy atom. The first-order chi connectivity index (χ1) is 4.88. The standard InChI is InChI=1S/C5H9N5/c1-7-5-4(10-6)2-8-3-9-5/h3,6-7H,2H2,1H3,(H,8,9). The highest BCUT2D eigenvalue weighted by Gasteiger charge is 2.05. The third kappa shape index (κ3) is 1.12. The zero-order valence-electron chi connectivity index (χ0n) is 5.68. The number of hydrogen-bond acceptors (Lipinski definition) is 5. The van der Waals surface area contributed by atoms with E-state index in [2.05, 4.69) is 20.7 Å². The van der Waals surface area contributed by atoms with Gasteiger partial charge in [0.15, 0.2) is 5.82 Å². The maximum Gasteiger partial charge on any atom is 0.152 e. The third-order valence-corrected chi connectivity index (χ3v) is 1.20. The molecule has 5 nitrogen and oxygen atoms in total. The van der Waals surface area contributed by atoms with E-state index in [1.165, 1.54) is 0 Å². The Morgan fingerprint density at radius 1 is 1.90 bits per heavy atom. The van der Waals surface area contributed by atoms with Crippen LogP contribution in [0.15, 0.2) is 21.6 Å². The van der Waals surface area contributed by atoms with E-state index in [1.54, 1.807) is 13.4 Å². The summed E-state index contributed by atoms with van der Waals surface area (Å²) in [4.78, 5) is 3.92. The van der Waals surface area contributed by atoms with Crippen LogP contribution in [0.2, 0.25) is 0 Å². The molecule has 0 saturated carbocycles. The molecule has 0 bridgehead atoms. The molecule has 0 amide bonds. The zero-order valence-corrected chi connectivity index (χ0v) is 5.68. The van der Waals surface area contributed by atoms with Crippen LogP contribution >= 0.6 is 0 Å². The topological polar surface area (TPSA) is 72.6 Å².